The van der Waals surface area contributed by atoms with Gasteiger partial charge >= 0.3 is 0 Å². The first-order chi connectivity index (χ1) is 18.3. The van der Waals surface area contributed by atoms with Gasteiger partial charge in [-0.05, 0) is 48.5 Å². The number of hydrogen-bond donors (Lipinski definition) is 2. The number of anilines is 2. The molecule has 38 heavy (non-hydrogen) atoms. The Bertz CT molecular complexity index is 1400. The van der Waals surface area contributed by atoms with Gasteiger partial charge in [0.2, 0.25) is 0 Å². The fourth-order valence-electron chi connectivity index (χ4n) is 3.27. The van der Waals surface area contributed by atoms with Crippen LogP contribution in [0.25, 0.3) is 0 Å². The van der Waals surface area contributed by atoms with E-state index >= 15 is 0 Å². The van der Waals surface area contributed by atoms with Crippen LogP contribution in [-0.2, 0) is 0 Å². The largest absolute Gasteiger partial charge is 0.322 e. The van der Waals surface area contributed by atoms with Crippen molar-refractivity contribution in [2.24, 2.45) is 0 Å². The quantitative estimate of drug-likeness (QED) is 0.132. The molecule has 0 spiro atoms. The molecule has 4 rings (SSSR count). The number of nitrogens with one attached hydrogen (secondary N) is 2. The van der Waals surface area contributed by atoms with Crippen molar-refractivity contribution in [3.8, 4) is 0 Å². The molecule has 0 heterocycles. The molecule has 0 saturated heterocycles. The van der Waals surface area contributed by atoms with E-state index in [2.05, 4.69) is 10.6 Å². The summed E-state index contributed by atoms with van der Waals surface area (Å²) in [7, 11) is 2.60. The molecule has 0 aliphatic rings. The lowest BCUT2D eigenvalue weighted by molar-refractivity contribution is -0.385. The highest BCUT2D eigenvalue weighted by Crippen LogP contribution is 2.40. The van der Waals surface area contributed by atoms with Gasteiger partial charge in [-0.25, -0.2) is 0 Å². The van der Waals surface area contributed by atoms with E-state index in [-0.39, 0.29) is 23.2 Å². The maximum absolute atomic E-state index is 12.9. The van der Waals surface area contributed by atoms with Crippen molar-refractivity contribution in [1.82, 2.24) is 0 Å². The van der Waals surface area contributed by atoms with Gasteiger partial charge in [-0.2, -0.15) is 0 Å². The molecule has 0 unspecified atom stereocenters. The SMILES string of the molecule is O=C(Nc1ccc([N+](=O)[O-])cc1)c1ccccc1SSc1ccccc1C(=O)Nc1ccc([N+](=O)[O-])cc1. The molecule has 0 aliphatic carbocycles. The molecule has 0 aromatic heterocycles. The molecule has 12 heteroatoms. The maximum atomic E-state index is 12.9. The van der Waals surface area contributed by atoms with Gasteiger partial charge in [-0.1, -0.05) is 45.9 Å². The molecule has 190 valence electrons. The minimum atomic E-state index is -0.515. The van der Waals surface area contributed by atoms with Crippen molar-refractivity contribution in [1.29, 1.82) is 0 Å². The summed E-state index contributed by atoms with van der Waals surface area (Å²) in [4.78, 5) is 47.8. The zero-order chi connectivity index (χ0) is 27.1. The summed E-state index contributed by atoms with van der Waals surface area (Å²) < 4.78 is 0. The molecule has 0 atom stereocenters. The maximum Gasteiger partial charge on any atom is 0.269 e. The van der Waals surface area contributed by atoms with Gasteiger partial charge in [0.1, 0.15) is 0 Å². The highest BCUT2D eigenvalue weighted by Gasteiger charge is 2.16. The Morgan fingerprint density at radius 2 is 0.895 bits per heavy atom. The number of carbonyl (C=O) groups excluding carboxylic acids is 2. The summed E-state index contributed by atoms with van der Waals surface area (Å²) in [6.07, 6.45) is 0. The molecular formula is C26H18N4O6S2. The lowest BCUT2D eigenvalue weighted by Gasteiger charge is -2.12. The van der Waals surface area contributed by atoms with Gasteiger partial charge in [-0.3, -0.25) is 29.8 Å². The average molecular weight is 547 g/mol. The van der Waals surface area contributed by atoms with Crippen molar-refractivity contribution >= 4 is 56.2 Å². The molecule has 2 N–H and O–H groups in total. The second-order valence-electron chi connectivity index (χ2n) is 7.68. The van der Waals surface area contributed by atoms with Crippen LogP contribution < -0.4 is 10.6 Å². The van der Waals surface area contributed by atoms with Crippen LogP contribution in [0.2, 0.25) is 0 Å². The molecule has 0 bridgehead atoms. The Morgan fingerprint density at radius 1 is 0.553 bits per heavy atom. The van der Waals surface area contributed by atoms with Crippen molar-refractivity contribution in [3.05, 3.63) is 128 Å². The van der Waals surface area contributed by atoms with E-state index in [9.17, 15) is 29.8 Å². The Labute approximate surface area is 224 Å². The lowest BCUT2D eigenvalue weighted by atomic mass is 10.2. The third-order valence-corrected chi connectivity index (χ3v) is 7.64. The van der Waals surface area contributed by atoms with Gasteiger partial charge in [0, 0.05) is 45.4 Å². The first kappa shape index (κ1) is 26.4. The fourth-order valence-corrected chi connectivity index (χ4v) is 5.63. The highest BCUT2D eigenvalue weighted by molar-refractivity contribution is 8.76. The number of nitrogens with zero attached hydrogens (tertiary/aromatic N) is 2. The zero-order valence-corrected chi connectivity index (χ0v) is 21.0. The Balaban J connectivity index is 1.46. The van der Waals surface area contributed by atoms with Crippen LogP contribution in [0.5, 0.6) is 0 Å². The topological polar surface area (TPSA) is 144 Å². The number of hydrogen-bond acceptors (Lipinski definition) is 8. The molecule has 4 aromatic carbocycles. The van der Waals surface area contributed by atoms with Gasteiger partial charge < -0.3 is 10.6 Å². The van der Waals surface area contributed by atoms with Gasteiger partial charge in [0.25, 0.3) is 23.2 Å². The van der Waals surface area contributed by atoms with Gasteiger partial charge in [0.05, 0.1) is 21.0 Å². The molecule has 2 amide bonds. The first-order valence-electron chi connectivity index (χ1n) is 11.0. The van der Waals surface area contributed by atoms with E-state index in [1.807, 2.05) is 0 Å². The summed E-state index contributed by atoms with van der Waals surface area (Å²) >= 11 is 0. The second-order valence-corrected chi connectivity index (χ2v) is 9.89. The predicted octanol–water partition coefficient (Wildman–Crippen LogP) is 6.81. The van der Waals surface area contributed by atoms with Crippen molar-refractivity contribution in [3.63, 3.8) is 0 Å². The Morgan fingerprint density at radius 3 is 1.24 bits per heavy atom. The molecule has 4 aromatic rings. The van der Waals surface area contributed by atoms with E-state index in [1.54, 1.807) is 48.5 Å². The van der Waals surface area contributed by atoms with Crippen molar-refractivity contribution < 1.29 is 19.4 Å². The van der Waals surface area contributed by atoms with E-state index in [1.165, 1.54) is 70.1 Å². The van der Waals surface area contributed by atoms with Gasteiger partial charge in [-0.15, -0.1) is 0 Å². The van der Waals surface area contributed by atoms with Gasteiger partial charge in [0.15, 0.2) is 0 Å². The monoisotopic (exact) mass is 546 g/mol. The zero-order valence-electron chi connectivity index (χ0n) is 19.4. The van der Waals surface area contributed by atoms with E-state index in [4.69, 9.17) is 0 Å². The number of rotatable bonds is 9. The molecule has 10 nitrogen and oxygen atoms in total. The molecule has 0 radical (unpaired) electrons. The first-order valence-corrected chi connectivity index (χ1v) is 13.1. The fraction of sp³-hybridized carbons (Fsp3) is 0. The summed E-state index contributed by atoms with van der Waals surface area (Å²) in [5.41, 5.74) is 1.48. The standard InChI is InChI=1S/C26H18N4O6S2/c31-25(27-17-9-13-19(14-10-17)29(33)34)21-5-1-3-7-23(21)37-38-24-8-4-2-6-22(24)26(32)28-18-11-15-20(16-12-18)30(35)36/h1-16H,(H,27,31)(H,28,32). The van der Waals surface area contributed by atoms with Crippen LogP contribution in [0.3, 0.4) is 0 Å². The number of amides is 2. The van der Waals surface area contributed by atoms with E-state index < -0.39 is 9.85 Å². The van der Waals surface area contributed by atoms with Crippen LogP contribution in [-0.4, -0.2) is 21.7 Å². The summed E-state index contributed by atoms with van der Waals surface area (Å²) in [5.74, 6) is -0.765. The van der Waals surface area contributed by atoms with Crippen LogP contribution in [0.1, 0.15) is 20.7 Å². The van der Waals surface area contributed by atoms with Crippen LogP contribution >= 0.6 is 21.6 Å². The minimum absolute atomic E-state index is 0.0772. The highest BCUT2D eigenvalue weighted by atomic mass is 33.1. The van der Waals surface area contributed by atoms with Crippen molar-refractivity contribution in [2.75, 3.05) is 10.6 Å². The third-order valence-electron chi connectivity index (χ3n) is 5.16. The molecular weight excluding hydrogens is 528 g/mol. The van der Waals surface area contributed by atoms with E-state index in [0.717, 1.165) is 0 Å². The third kappa shape index (κ3) is 6.55. The Hall–Kier alpha value is -4.68. The molecule has 0 saturated carbocycles. The lowest BCUT2D eigenvalue weighted by Crippen LogP contribution is -2.13. The predicted molar refractivity (Wildman–Crippen MR) is 147 cm³/mol. The smallest absolute Gasteiger partial charge is 0.269 e. The minimum Gasteiger partial charge on any atom is -0.322 e. The number of nitro groups is 2. The van der Waals surface area contributed by atoms with Crippen molar-refractivity contribution in [2.45, 2.75) is 9.79 Å². The molecule has 0 aliphatic heterocycles. The summed E-state index contributed by atoms with van der Waals surface area (Å²) in [6.45, 7) is 0. The number of benzene rings is 4. The number of non-ortho nitro benzene ring substituents is 2. The summed E-state index contributed by atoms with van der Waals surface area (Å²) in [6, 6.07) is 25.0. The number of carbonyl (C=O) groups is 2. The van der Waals surface area contributed by atoms with Crippen LogP contribution in [0.4, 0.5) is 22.7 Å². The molecule has 0 fully saturated rings. The Kier molecular flexibility index (Phi) is 8.36. The average Bonchev–Trinajstić information content (AvgIpc) is 2.92. The number of nitro benzene ring substituents is 2. The summed E-state index contributed by atoms with van der Waals surface area (Å²) in [5, 5.41) is 27.2. The van der Waals surface area contributed by atoms with Crippen LogP contribution in [0.15, 0.2) is 107 Å². The van der Waals surface area contributed by atoms with Crippen LogP contribution in [0, 0.1) is 20.2 Å². The van der Waals surface area contributed by atoms with E-state index in [0.29, 0.717) is 32.3 Å². The normalized spacial score (nSPS) is 10.4. The second kappa shape index (κ2) is 12.0.